The molecular weight excluding hydrogens is 512 g/mol. The minimum absolute atomic E-state index is 0.107. The van der Waals surface area contributed by atoms with Crippen molar-refractivity contribution in [1.82, 2.24) is 19.9 Å². The van der Waals surface area contributed by atoms with E-state index in [9.17, 15) is 22.8 Å². The van der Waals surface area contributed by atoms with E-state index < -0.39 is 28.0 Å². The molecule has 0 radical (unpaired) electrons. The summed E-state index contributed by atoms with van der Waals surface area (Å²) in [6.45, 7) is 1.75. The number of carbonyl (C=O) groups excluding carboxylic acids is 3. The summed E-state index contributed by atoms with van der Waals surface area (Å²) < 4.78 is 27.1. The molecule has 200 valence electrons. The number of hydrogen-bond donors (Lipinski definition) is 2. The second-order valence-corrected chi connectivity index (χ2v) is 13.0. The zero-order chi connectivity index (χ0) is 26.4. The lowest BCUT2D eigenvalue weighted by Gasteiger charge is -2.27. The number of nitrogens with one attached hydrogen (secondary N) is 2. The molecule has 11 heteroatoms. The molecule has 1 aliphatic carbocycles. The Morgan fingerprint density at radius 1 is 1.11 bits per heavy atom. The SMILES string of the molecule is Cc1ccc(C(=O)N[C@@H](CC2CCCCC2)C(=O)NC2CCCN(S(=O)(=O)c3ccccn3)CC2=O)s1. The maximum atomic E-state index is 13.4. The normalized spacial score (nSPS) is 20.7. The molecule has 3 heterocycles. The number of nitrogens with zero attached hydrogens (tertiary/aromatic N) is 2. The quantitative estimate of drug-likeness (QED) is 0.524. The van der Waals surface area contributed by atoms with Crippen molar-refractivity contribution in [2.45, 2.75) is 75.4 Å². The van der Waals surface area contributed by atoms with Crippen LogP contribution in [0, 0.1) is 12.8 Å². The highest BCUT2D eigenvalue weighted by Crippen LogP contribution is 2.28. The molecule has 37 heavy (non-hydrogen) atoms. The monoisotopic (exact) mass is 546 g/mol. The molecule has 1 aliphatic heterocycles. The van der Waals surface area contributed by atoms with Gasteiger partial charge in [-0.05, 0) is 56.4 Å². The predicted molar refractivity (Wildman–Crippen MR) is 141 cm³/mol. The molecular formula is C26H34N4O5S2. The first kappa shape index (κ1) is 27.4. The number of thiophene rings is 1. The Morgan fingerprint density at radius 2 is 1.89 bits per heavy atom. The van der Waals surface area contributed by atoms with Crippen molar-refractivity contribution >= 4 is 39.0 Å². The minimum atomic E-state index is -3.92. The zero-order valence-electron chi connectivity index (χ0n) is 21.0. The van der Waals surface area contributed by atoms with Crippen molar-refractivity contribution < 1.29 is 22.8 Å². The number of aryl methyl sites for hydroxylation is 1. The lowest BCUT2D eigenvalue weighted by molar-refractivity contribution is -0.129. The van der Waals surface area contributed by atoms with E-state index in [1.807, 2.05) is 13.0 Å². The summed E-state index contributed by atoms with van der Waals surface area (Å²) in [7, 11) is -3.92. The number of ketones is 1. The zero-order valence-corrected chi connectivity index (χ0v) is 22.7. The van der Waals surface area contributed by atoms with Gasteiger partial charge in [0, 0.05) is 17.6 Å². The number of hydrogen-bond acceptors (Lipinski definition) is 7. The van der Waals surface area contributed by atoms with Gasteiger partial charge in [-0.15, -0.1) is 11.3 Å². The maximum Gasteiger partial charge on any atom is 0.262 e. The summed E-state index contributed by atoms with van der Waals surface area (Å²) in [6.07, 6.45) is 8.09. The molecule has 4 rings (SSSR count). The van der Waals surface area contributed by atoms with E-state index in [1.165, 1.54) is 30.0 Å². The second-order valence-electron chi connectivity index (χ2n) is 9.85. The molecule has 2 amide bonds. The van der Waals surface area contributed by atoms with Crippen molar-refractivity contribution in [3.05, 3.63) is 46.3 Å². The van der Waals surface area contributed by atoms with Crippen LogP contribution < -0.4 is 10.6 Å². The van der Waals surface area contributed by atoms with Gasteiger partial charge in [0.25, 0.3) is 15.9 Å². The third-order valence-corrected chi connectivity index (χ3v) is 9.82. The van der Waals surface area contributed by atoms with Crippen LogP contribution in [0.15, 0.2) is 41.6 Å². The minimum Gasteiger partial charge on any atom is -0.344 e. The molecule has 0 spiro atoms. The Hall–Kier alpha value is -2.63. The number of amides is 2. The van der Waals surface area contributed by atoms with Crippen LogP contribution in [-0.2, 0) is 19.6 Å². The smallest absolute Gasteiger partial charge is 0.262 e. The number of sulfonamides is 1. The molecule has 2 aliphatic rings. The van der Waals surface area contributed by atoms with Crippen molar-refractivity contribution in [2.75, 3.05) is 13.1 Å². The van der Waals surface area contributed by atoms with Crippen LogP contribution in [0.1, 0.15) is 65.9 Å². The average molecular weight is 547 g/mol. The van der Waals surface area contributed by atoms with E-state index in [0.29, 0.717) is 30.1 Å². The standard InChI is InChI=1S/C26H34N4O5S2/c1-18-12-13-23(36-18)26(33)29-21(16-19-8-3-2-4-9-19)25(32)28-20-10-7-15-30(17-22(20)31)37(34,35)24-11-5-6-14-27-24/h5-6,11-14,19-21H,2-4,7-10,15-17H2,1H3,(H,28,32)(H,29,33)/t20?,21-/m0/s1. The van der Waals surface area contributed by atoms with Crippen LogP contribution in [0.3, 0.4) is 0 Å². The molecule has 1 unspecified atom stereocenters. The van der Waals surface area contributed by atoms with Gasteiger partial charge in [0.15, 0.2) is 10.8 Å². The van der Waals surface area contributed by atoms with E-state index in [2.05, 4.69) is 15.6 Å². The summed E-state index contributed by atoms with van der Waals surface area (Å²) in [6, 6.07) is 6.65. The number of rotatable bonds is 8. The molecule has 2 fully saturated rings. The van der Waals surface area contributed by atoms with Gasteiger partial charge in [0.05, 0.1) is 17.5 Å². The van der Waals surface area contributed by atoms with Crippen LogP contribution in [0.25, 0.3) is 0 Å². The first-order chi connectivity index (χ1) is 17.7. The Bertz CT molecular complexity index is 1210. The molecule has 2 N–H and O–H groups in total. The fraction of sp³-hybridized carbons (Fsp3) is 0.538. The number of aromatic nitrogens is 1. The second kappa shape index (κ2) is 12.3. The van der Waals surface area contributed by atoms with Crippen molar-refractivity contribution in [3.8, 4) is 0 Å². The highest BCUT2D eigenvalue weighted by atomic mass is 32.2. The molecule has 9 nitrogen and oxygen atoms in total. The molecule has 2 atom stereocenters. The Labute approximate surface area is 222 Å². The number of Topliss-reactive ketones (excluding diaryl/α,β-unsaturated/α-hetero) is 1. The van der Waals surface area contributed by atoms with Crippen molar-refractivity contribution in [3.63, 3.8) is 0 Å². The Balaban J connectivity index is 1.44. The molecule has 2 aromatic rings. The van der Waals surface area contributed by atoms with E-state index in [4.69, 9.17) is 0 Å². The van der Waals surface area contributed by atoms with E-state index in [-0.39, 0.29) is 29.8 Å². The molecule has 2 aromatic heterocycles. The van der Waals surface area contributed by atoms with Gasteiger partial charge in [-0.1, -0.05) is 38.2 Å². The largest absolute Gasteiger partial charge is 0.344 e. The highest BCUT2D eigenvalue weighted by Gasteiger charge is 2.35. The van der Waals surface area contributed by atoms with Crippen LogP contribution in [0.5, 0.6) is 0 Å². The van der Waals surface area contributed by atoms with E-state index in [0.717, 1.165) is 34.9 Å². The highest BCUT2D eigenvalue weighted by molar-refractivity contribution is 7.89. The molecule has 1 saturated heterocycles. The van der Waals surface area contributed by atoms with Crippen molar-refractivity contribution in [2.24, 2.45) is 5.92 Å². The third kappa shape index (κ3) is 7.03. The molecule has 1 saturated carbocycles. The lowest BCUT2D eigenvalue weighted by atomic mass is 9.84. The summed E-state index contributed by atoms with van der Waals surface area (Å²) in [5, 5.41) is 5.63. The fourth-order valence-electron chi connectivity index (χ4n) is 5.03. The van der Waals surface area contributed by atoms with Gasteiger partial charge < -0.3 is 10.6 Å². The summed E-state index contributed by atoms with van der Waals surface area (Å²) in [5.74, 6) is -0.735. The number of carbonyl (C=O) groups is 3. The van der Waals surface area contributed by atoms with Gasteiger partial charge in [0.2, 0.25) is 5.91 Å². The van der Waals surface area contributed by atoms with Crippen LogP contribution in [0.4, 0.5) is 0 Å². The maximum absolute atomic E-state index is 13.4. The van der Waals surface area contributed by atoms with Crippen molar-refractivity contribution in [1.29, 1.82) is 0 Å². The van der Waals surface area contributed by atoms with E-state index >= 15 is 0 Å². The van der Waals surface area contributed by atoms with Gasteiger partial charge in [-0.25, -0.2) is 13.4 Å². The Kier molecular flexibility index (Phi) is 9.09. The fourth-order valence-corrected chi connectivity index (χ4v) is 7.18. The van der Waals surface area contributed by atoms with E-state index in [1.54, 1.807) is 18.2 Å². The topological polar surface area (TPSA) is 126 Å². The van der Waals surface area contributed by atoms with Gasteiger partial charge >= 0.3 is 0 Å². The number of pyridine rings is 1. The van der Waals surface area contributed by atoms with Crippen LogP contribution >= 0.6 is 11.3 Å². The summed E-state index contributed by atoms with van der Waals surface area (Å²) in [5.41, 5.74) is 0. The first-order valence-electron chi connectivity index (χ1n) is 12.9. The van der Waals surface area contributed by atoms with Crippen LogP contribution in [0.2, 0.25) is 0 Å². The molecule has 0 bridgehead atoms. The Morgan fingerprint density at radius 3 is 2.57 bits per heavy atom. The summed E-state index contributed by atoms with van der Waals surface area (Å²) in [4.78, 5) is 44.8. The first-order valence-corrected chi connectivity index (χ1v) is 15.1. The van der Waals surface area contributed by atoms with Gasteiger partial charge in [-0.2, -0.15) is 4.31 Å². The predicted octanol–water partition coefficient (Wildman–Crippen LogP) is 3.06. The third-order valence-electron chi connectivity index (χ3n) is 7.06. The molecule has 0 aromatic carbocycles. The van der Waals surface area contributed by atoms with Gasteiger partial charge in [0.1, 0.15) is 6.04 Å². The average Bonchev–Trinajstić information content (AvgIpc) is 3.25. The summed E-state index contributed by atoms with van der Waals surface area (Å²) >= 11 is 1.37. The van der Waals surface area contributed by atoms with Gasteiger partial charge in [-0.3, -0.25) is 14.4 Å². The van der Waals surface area contributed by atoms with Crippen LogP contribution in [-0.4, -0.2) is 60.5 Å². The lowest BCUT2D eigenvalue weighted by Crippen LogP contribution is -2.53.